The third-order valence-corrected chi connectivity index (χ3v) is 4.23. The molecule has 0 fully saturated rings. The Bertz CT molecular complexity index is 1030. The van der Waals surface area contributed by atoms with Gasteiger partial charge in [-0.1, -0.05) is 18.7 Å². The third-order valence-electron chi connectivity index (χ3n) is 4.23. The van der Waals surface area contributed by atoms with Crippen LogP contribution in [0.25, 0.3) is 0 Å². The zero-order valence-electron chi connectivity index (χ0n) is 17.3. The highest BCUT2D eigenvalue weighted by Gasteiger charge is 2.09. The summed E-state index contributed by atoms with van der Waals surface area (Å²) in [5, 5.41) is 8.65. The summed E-state index contributed by atoms with van der Waals surface area (Å²) in [4.78, 5) is 24.5. The first-order valence-corrected chi connectivity index (χ1v) is 9.82. The lowest BCUT2D eigenvalue weighted by atomic mass is 10.2. The minimum atomic E-state index is -0.220. The number of ether oxygens (including phenoxy) is 1. The number of hydrogen-bond donors (Lipinski definition) is 3. The summed E-state index contributed by atoms with van der Waals surface area (Å²) >= 11 is 0. The number of amides is 2. The van der Waals surface area contributed by atoms with Crippen LogP contribution >= 0.6 is 0 Å². The topological polar surface area (TPSA) is 92.6 Å². The van der Waals surface area contributed by atoms with Crippen LogP contribution in [0.15, 0.2) is 83.5 Å². The van der Waals surface area contributed by atoms with Crippen LogP contribution in [0.1, 0.15) is 23.0 Å². The van der Waals surface area contributed by atoms with Gasteiger partial charge in [-0.05, 0) is 61.0 Å². The smallest absolute Gasteiger partial charge is 0.251 e. The first kappa shape index (κ1) is 21.7. The summed E-state index contributed by atoms with van der Waals surface area (Å²) in [6, 6.07) is 17.6. The van der Waals surface area contributed by atoms with Crippen LogP contribution in [0, 0.1) is 0 Å². The van der Waals surface area contributed by atoms with Crippen LogP contribution in [0.4, 0.5) is 11.4 Å². The van der Waals surface area contributed by atoms with Crippen molar-refractivity contribution in [2.75, 3.05) is 23.8 Å². The van der Waals surface area contributed by atoms with Crippen LogP contribution in [-0.2, 0) is 11.3 Å². The largest absolute Gasteiger partial charge is 0.487 e. The third kappa shape index (κ3) is 6.78. The van der Waals surface area contributed by atoms with E-state index in [0.717, 1.165) is 11.3 Å². The van der Waals surface area contributed by atoms with Gasteiger partial charge in [0.15, 0.2) is 0 Å². The molecule has 0 saturated carbocycles. The zero-order chi connectivity index (χ0) is 22.1. The monoisotopic (exact) mass is 419 g/mol. The molecule has 0 bridgehead atoms. The molecule has 0 spiro atoms. The number of rotatable bonds is 10. The van der Waals surface area contributed by atoms with E-state index in [1.807, 2.05) is 31.2 Å². The molecule has 1 heterocycles. The lowest BCUT2D eigenvalue weighted by Crippen LogP contribution is -2.23. The maximum Gasteiger partial charge on any atom is 0.251 e. The van der Waals surface area contributed by atoms with Crippen molar-refractivity contribution >= 4 is 23.2 Å². The summed E-state index contributed by atoms with van der Waals surface area (Å²) < 4.78 is 10.9. The van der Waals surface area contributed by atoms with Crippen molar-refractivity contribution in [3.63, 3.8) is 0 Å². The second-order valence-corrected chi connectivity index (χ2v) is 6.98. The van der Waals surface area contributed by atoms with Gasteiger partial charge in [0.2, 0.25) is 5.91 Å². The maximum atomic E-state index is 12.3. The maximum absolute atomic E-state index is 12.3. The van der Waals surface area contributed by atoms with Crippen molar-refractivity contribution in [2.24, 2.45) is 0 Å². The molecule has 3 N–H and O–H groups in total. The van der Waals surface area contributed by atoms with Crippen molar-refractivity contribution in [2.45, 2.75) is 13.5 Å². The molecular weight excluding hydrogens is 394 g/mol. The zero-order valence-corrected chi connectivity index (χ0v) is 17.3. The van der Waals surface area contributed by atoms with Crippen LogP contribution in [-0.4, -0.2) is 25.0 Å². The van der Waals surface area contributed by atoms with Crippen LogP contribution in [0.3, 0.4) is 0 Å². The molecule has 2 aromatic carbocycles. The average molecular weight is 419 g/mol. The molecule has 2 amide bonds. The molecule has 0 unspecified atom stereocenters. The van der Waals surface area contributed by atoms with Gasteiger partial charge in [0, 0.05) is 11.3 Å². The number of furan rings is 1. The van der Waals surface area contributed by atoms with Crippen LogP contribution in [0.2, 0.25) is 0 Å². The molecule has 3 aromatic rings. The fraction of sp³-hybridized carbons (Fsp3) is 0.167. The van der Waals surface area contributed by atoms with E-state index in [9.17, 15) is 9.59 Å². The van der Waals surface area contributed by atoms with Gasteiger partial charge in [-0.15, -0.1) is 0 Å². The Morgan fingerprint density at radius 2 is 1.81 bits per heavy atom. The van der Waals surface area contributed by atoms with Gasteiger partial charge in [0.05, 0.1) is 25.0 Å². The lowest BCUT2D eigenvalue weighted by Gasteiger charge is -2.13. The summed E-state index contributed by atoms with van der Waals surface area (Å²) in [5.74, 6) is 0.895. The summed E-state index contributed by atoms with van der Waals surface area (Å²) in [7, 11) is 0. The first-order valence-electron chi connectivity index (χ1n) is 9.82. The highest BCUT2D eigenvalue weighted by molar-refractivity contribution is 5.96. The van der Waals surface area contributed by atoms with Crippen molar-refractivity contribution < 1.29 is 18.7 Å². The predicted molar refractivity (Wildman–Crippen MR) is 120 cm³/mol. The number of para-hydroxylation sites is 2. The van der Waals surface area contributed by atoms with Gasteiger partial charge >= 0.3 is 0 Å². The number of benzene rings is 2. The summed E-state index contributed by atoms with van der Waals surface area (Å²) in [5.41, 5.74) is 2.72. The minimum Gasteiger partial charge on any atom is -0.487 e. The number of anilines is 2. The Hall–Kier alpha value is -4.00. The second kappa shape index (κ2) is 10.7. The van der Waals surface area contributed by atoms with Crippen molar-refractivity contribution in [1.82, 2.24) is 5.32 Å². The SMILES string of the molecule is C=C(C)COc1ccccc1NCC(=O)Nc1ccc(C(=O)NCc2ccco2)cc1. The van der Waals surface area contributed by atoms with Crippen LogP contribution in [0.5, 0.6) is 5.75 Å². The Morgan fingerprint density at radius 1 is 1.03 bits per heavy atom. The molecule has 160 valence electrons. The van der Waals surface area contributed by atoms with Gasteiger partial charge in [-0.2, -0.15) is 0 Å². The van der Waals surface area contributed by atoms with Gasteiger partial charge in [-0.25, -0.2) is 0 Å². The molecule has 7 nitrogen and oxygen atoms in total. The van der Waals surface area contributed by atoms with E-state index in [1.165, 1.54) is 0 Å². The van der Waals surface area contributed by atoms with Crippen molar-refractivity contribution in [3.8, 4) is 5.75 Å². The Morgan fingerprint density at radius 3 is 2.52 bits per heavy atom. The quantitative estimate of drug-likeness (QED) is 0.428. The Kier molecular flexibility index (Phi) is 7.48. The van der Waals surface area contributed by atoms with E-state index in [0.29, 0.717) is 35.9 Å². The van der Waals surface area contributed by atoms with Gasteiger partial charge in [0.25, 0.3) is 5.91 Å². The van der Waals surface area contributed by atoms with Crippen molar-refractivity contribution in [1.29, 1.82) is 0 Å². The van der Waals surface area contributed by atoms with Crippen molar-refractivity contribution in [3.05, 3.63) is 90.4 Å². The molecule has 7 heteroatoms. The summed E-state index contributed by atoms with van der Waals surface area (Å²) in [6.07, 6.45) is 1.56. The van der Waals surface area contributed by atoms with Gasteiger partial charge in [0.1, 0.15) is 18.1 Å². The van der Waals surface area contributed by atoms with E-state index in [4.69, 9.17) is 9.15 Å². The average Bonchev–Trinajstić information content (AvgIpc) is 3.29. The molecule has 3 rings (SSSR count). The number of hydrogen-bond acceptors (Lipinski definition) is 5. The molecular formula is C24H25N3O4. The molecule has 0 aliphatic heterocycles. The Labute approximate surface area is 181 Å². The molecule has 0 aliphatic rings. The number of nitrogens with one attached hydrogen (secondary N) is 3. The van der Waals surface area contributed by atoms with E-state index < -0.39 is 0 Å². The standard InChI is InChI=1S/C24H25N3O4/c1-17(2)16-31-22-8-4-3-7-21(22)25-15-23(28)27-19-11-9-18(10-12-19)24(29)26-14-20-6-5-13-30-20/h3-13,25H,1,14-16H2,2H3,(H,26,29)(H,27,28). The Balaban J connectivity index is 1.48. The van der Waals surface area contributed by atoms with Gasteiger partial charge < -0.3 is 25.1 Å². The minimum absolute atomic E-state index is 0.0683. The number of carbonyl (C=O) groups is 2. The van der Waals surface area contributed by atoms with E-state index in [-0.39, 0.29) is 18.4 Å². The predicted octanol–water partition coefficient (Wildman–Crippen LogP) is 4.22. The highest BCUT2D eigenvalue weighted by Crippen LogP contribution is 2.24. The molecule has 0 radical (unpaired) electrons. The lowest BCUT2D eigenvalue weighted by molar-refractivity contribution is -0.114. The molecule has 0 atom stereocenters. The van der Waals surface area contributed by atoms with Crippen LogP contribution < -0.4 is 20.7 Å². The summed E-state index contributed by atoms with van der Waals surface area (Å²) in [6.45, 7) is 6.50. The molecule has 0 aliphatic carbocycles. The fourth-order valence-corrected chi connectivity index (χ4v) is 2.71. The molecule has 31 heavy (non-hydrogen) atoms. The second-order valence-electron chi connectivity index (χ2n) is 6.98. The first-order chi connectivity index (χ1) is 15.0. The van der Waals surface area contributed by atoms with E-state index in [2.05, 4.69) is 22.5 Å². The highest BCUT2D eigenvalue weighted by atomic mass is 16.5. The normalized spacial score (nSPS) is 10.2. The van der Waals surface area contributed by atoms with E-state index in [1.54, 1.807) is 42.7 Å². The van der Waals surface area contributed by atoms with E-state index >= 15 is 0 Å². The molecule has 0 saturated heterocycles. The number of carbonyl (C=O) groups excluding carboxylic acids is 2. The fourth-order valence-electron chi connectivity index (χ4n) is 2.71. The molecule has 1 aromatic heterocycles. The van der Waals surface area contributed by atoms with Gasteiger partial charge in [-0.3, -0.25) is 9.59 Å².